The molecule has 1 aliphatic heterocycles. The van der Waals surface area contributed by atoms with Gasteiger partial charge in [-0.15, -0.1) is 0 Å². The fraction of sp³-hybridized carbons (Fsp3) is 0.480. The molecule has 9 nitrogen and oxygen atoms in total. The maximum Gasteiger partial charge on any atom is 0.306 e. The lowest BCUT2D eigenvalue weighted by atomic mass is 10.1. The summed E-state index contributed by atoms with van der Waals surface area (Å²) in [5.74, 6) is 1.83. The van der Waals surface area contributed by atoms with Gasteiger partial charge in [-0.1, -0.05) is 13.0 Å². The zero-order valence-electron chi connectivity index (χ0n) is 20.0. The number of furan rings is 1. The smallest absolute Gasteiger partial charge is 0.306 e. The zero-order valence-corrected chi connectivity index (χ0v) is 20.0. The fourth-order valence-electron chi connectivity index (χ4n) is 3.68. The van der Waals surface area contributed by atoms with Crippen LogP contribution < -0.4 is 9.47 Å². The Morgan fingerprint density at radius 1 is 0.941 bits per heavy atom. The number of ether oxygens (including phenoxy) is 3. The van der Waals surface area contributed by atoms with Crippen molar-refractivity contribution in [1.82, 2.24) is 9.80 Å². The van der Waals surface area contributed by atoms with Crippen molar-refractivity contribution in [3.05, 3.63) is 47.4 Å². The van der Waals surface area contributed by atoms with E-state index in [9.17, 15) is 14.4 Å². The Labute approximate surface area is 199 Å². The Hall–Kier alpha value is -3.49. The van der Waals surface area contributed by atoms with Crippen LogP contribution in [0.25, 0.3) is 0 Å². The highest BCUT2D eigenvalue weighted by Gasteiger charge is 2.23. The van der Waals surface area contributed by atoms with E-state index in [-0.39, 0.29) is 51.1 Å². The Balaban J connectivity index is 1.71. The minimum atomic E-state index is -0.420. The summed E-state index contributed by atoms with van der Waals surface area (Å²) in [7, 11) is 0. The number of carbonyl (C=O) groups is 3. The van der Waals surface area contributed by atoms with Crippen LogP contribution in [-0.2, 0) is 32.2 Å². The van der Waals surface area contributed by atoms with Crippen LogP contribution in [0.4, 0.5) is 0 Å². The van der Waals surface area contributed by atoms with Crippen molar-refractivity contribution >= 4 is 17.8 Å². The lowest BCUT2D eigenvalue weighted by Crippen LogP contribution is -2.42. The van der Waals surface area contributed by atoms with E-state index in [4.69, 9.17) is 18.6 Å². The van der Waals surface area contributed by atoms with Gasteiger partial charge in [-0.2, -0.15) is 0 Å². The molecule has 0 spiro atoms. The largest absolute Gasteiger partial charge is 0.466 e. The molecule has 0 bridgehead atoms. The van der Waals surface area contributed by atoms with Crippen molar-refractivity contribution in [2.75, 3.05) is 26.5 Å². The van der Waals surface area contributed by atoms with E-state index < -0.39 is 5.97 Å². The topological polar surface area (TPSA) is 98.5 Å². The van der Waals surface area contributed by atoms with E-state index in [0.29, 0.717) is 36.8 Å². The fourth-order valence-corrected chi connectivity index (χ4v) is 3.68. The molecule has 0 saturated heterocycles. The summed E-state index contributed by atoms with van der Waals surface area (Å²) >= 11 is 0. The summed E-state index contributed by atoms with van der Waals surface area (Å²) in [6.45, 7) is 6.86. The molecular weight excluding hydrogens is 440 g/mol. The van der Waals surface area contributed by atoms with Crippen molar-refractivity contribution in [1.29, 1.82) is 0 Å². The van der Waals surface area contributed by atoms with E-state index in [1.54, 1.807) is 11.8 Å². The van der Waals surface area contributed by atoms with Gasteiger partial charge in [0.25, 0.3) is 0 Å². The zero-order chi connectivity index (χ0) is 24.5. The minimum Gasteiger partial charge on any atom is -0.466 e. The quantitative estimate of drug-likeness (QED) is 0.437. The lowest BCUT2D eigenvalue weighted by Gasteiger charge is -2.27. The molecule has 184 valence electrons. The molecule has 2 aromatic rings. The van der Waals surface area contributed by atoms with Crippen LogP contribution in [0.1, 0.15) is 50.2 Å². The molecule has 0 aliphatic carbocycles. The van der Waals surface area contributed by atoms with Crippen molar-refractivity contribution < 1.29 is 33.0 Å². The van der Waals surface area contributed by atoms with Gasteiger partial charge in [0.05, 0.1) is 26.1 Å². The van der Waals surface area contributed by atoms with Crippen LogP contribution in [0, 0.1) is 6.92 Å². The summed E-state index contributed by atoms with van der Waals surface area (Å²) in [4.78, 5) is 40.9. The molecule has 1 aromatic carbocycles. The van der Waals surface area contributed by atoms with Gasteiger partial charge < -0.3 is 28.4 Å². The number of amides is 2. The monoisotopic (exact) mass is 472 g/mol. The average Bonchev–Trinajstić information content (AvgIpc) is 3.45. The number of esters is 1. The van der Waals surface area contributed by atoms with Crippen LogP contribution in [0.15, 0.2) is 34.7 Å². The van der Waals surface area contributed by atoms with E-state index >= 15 is 0 Å². The van der Waals surface area contributed by atoms with Crippen molar-refractivity contribution in [3.8, 4) is 11.5 Å². The van der Waals surface area contributed by atoms with E-state index in [1.807, 2.05) is 44.2 Å². The van der Waals surface area contributed by atoms with Crippen molar-refractivity contribution in [2.24, 2.45) is 0 Å². The number of nitrogens with zero attached hydrogens (tertiary/aromatic N) is 2. The first kappa shape index (κ1) is 25.1. The molecule has 0 N–H and O–H groups in total. The van der Waals surface area contributed by atoms with Crippen molar-refractivity contribution in [2.45, 2.75) is 53.1 Å². The van der Waals surface area contributed by atoms with Crippen molar-refractivity contribution in [3.63, 3.8) is 0 Å². The second-order valence-corrected chi connectivity index (χ2v) is 8.07. The number of aryl methyl sites for hydroxylation is 1. The second-order valence-electron chi connectivity index (χ2n) is 8.07. The van der Waals surface area contributed by atoms with Gasteiger partial charge in [-0.05, 0) is 50.1 Å². The summed E-state index contributed by atoms with van der Waals surface area (Å²) in [6.07, 6.45) is 0.692. The third-order valence-electron chi connectivity index (χ3n) is 5.33. The molecule has 9 heteroatoms. The Bertz CT molecular complexity index is 1000. The first-order chi connectivity index (χ1) is 16.4. The maximum atomic E-state index is 13.4. The Morgan fingerprint density at radius 3 is 2.44 bits per heavy atom. The van der Waals surface area contributed by atoms with Gasteiger partial charge in [0, 0.05) is 19.5 Å². The highest BCUT2D eigenvalue weighted by Crippen LogP contribution is 2.33. The highest BCUT2D eigenvalue weighted by molar-refractivity contribution is 5.86. The van der Waals surface area contributed by atoms with Gasteiger partial charge in [-0.3, -0.25) is 14.4 Å². The SMILES string of the molecule is CCCN(CC(=O)N(Cc1ccc2c(c1)OCO2)Cc1ccc(C)o1)C(=O)CCC(=O)OCC. The first-order valence-corrected chi connectivity index (χ1v) is 11.5. The molecule has 2 heterocycles. The molecule has 34 heavy (non-hydrogen) atoms. The molecule has 0 saturated carbocycles. The summed E-state index contributed by atoms with van der Waals surface area (Å²) in [6, 6.07) is 9.24. The highest BCUT2D eigenvalue weighted by atomic mass is 16.7. The number of fused-ring (bicyclic) bond motifs is 1. The molecular formula is C25H32N2O7. The minimum absolute atomic E-state index is 0.00561. The number of carbonyl (C=O) groups excluding carboxylic acids is 3. The van der Waals surface area contributed by atoms with Crippen LogP contribution in [0.3, 0.4) is 0 Å². The second kappa shape index (κ2) is 12.1. The number of hydrogen-bond donors (Lipinski definition) is 0. The van der Waals surface area contributed by atoms with Gasteiger partial charge in [0.1, 0.15) is 11.5 Å². The molecule has 2 amide bonds. The molecule has 0 fully saturated rings. The number of benzene rings is 1. The van der Waals surface area contributed by atoms with Gasteiger partial charge >= 0.3 is 5.97 Å². The molecule has 3 rings (SSSR count). The molecule has 1 aliphatic rings. The third kappa shape index (κ3) is 7.00. The van der Waals surface area contributed by atoms with E-state index in [0.717, 1.165) is 11.3 Å². The molecule has 0 unspecified atom stereocenters. The predicted molar refractivity (Wildman–Crippen MR) is 123 cm³/mol. The van der Waals surface area contributed by atoms with E-state index in [1.165, 1.54) is 4.90 Å². The first-order valence-electron chi connectivity index (χ1n) is 11.5. The maximum absolute atomic E-state index is 13.4. The van der Waals surface area contributed by atoms with Gasteiger partial charge in [-0.25, -0.2) is 0 Å². The summed E-state index contributed by atoms with van der Waals surface area (Å²) < 4.78 is 21.4. The Morgan fingerprint density at radius 2 is 1.74 bits per heavy atom. The normalized spacial score (nSPS) is 11.9. The average molecular weight is 473 g/mol. The molecule has 0 radical (unpaired) electrons. The van der Waals surface area contributed by atoms with E-state index in [2.05, 4.69) is 0 Å². The third-order valence-corrected chi connectivity index (χ3v) is 5.33. The van der Waals surface area contributed by atoms with Gasteiger partial charge in [0.2, 0.25) is 18.6 Å². The van der Waals surface area contributed by atoms with Crippen LogP contribution >= 0.6 is 0 Å². The standard InChI is InChI=1S/C25H32N2O7/c1-4-12-26(23(28)10-11-25(30)31-5-2)16-24(29)27(15-20-8-6-18(3)34-20)14-19-7-9-21-22(13-19)33-17-32-21/h6-9,13H,4-5,10-12,14-17H2,1-3H3. The lowest BCUT2D eigenvalue weighted by molar-refractivity contribution is -0.146. The summed E-state index contributed by atoms with van der Waals surface area (Å²) in [5.41, 5.74) is 0.872. The van der Waals surface area contributed by atoms with Crippen LogP contribution in [0.2, 0.25) is 0 Å². The van der Waals surface area contributed by atoms with Gasteiger partial charge in [0.15, 0.2) is 11.5 Å². The van der Waals surface area contributed by atoms with Crippen LogP contribution in [-0.4, -0.2) is 54.1 Å². The predicted octanol–water partition coefficient (Wildman–Crippen LogP) is 3.43. The molecule has 1 aromatic heterocycles. The molecule has 0 atom stereocenters. The number of hydrogen-bond acceptors (Lipinski definition) is 7. The van der Waals surface area contributed by atoms with Crippen LogP contribution in [0.5, 0.6) is 11.5 Å². The summed E-state index contributed by atoms with van der Waals surface area (Å²) in [5, 5.41) is 0. The Kier molecular flexibility index (Phi) is 8.95. The number of rotatable bonds is 12.